The van der Waals surface area contributed by atoms with E-state index in [4.69, 9.17) is 5.73 Å². The average molecular weight is 347 g/mol. The van der Waals surface area contributed by atoms with Crippen molar-refractivity contribution in [2.45, 2.75) is 37.9 Å². The fourth-order valence-electron chi connectivity index (χ4n) is 2.19. The van der Waals surface area contributed by atoms with Gasteiger partial charge in [-0.25, -0.2) is 9.97 Å². The summed E-state index contributed by atoms with van der Waals surface area (Å²) in [4.78, 5) is 48.8. The largest absolute Gasteiger partial charge is 0.348 e. The van der Waals surface area contributed by atoms with E-state index in [9.17, 15) is 14.4 Å². The second kappa shape index (κ2) is 8.73. The molecule has 0 fully saturated rings. The minimum Gasteiger partial charge on any atom is -0.348 e. The number of nitrogens with two attached hydrogens (primary N) is 1. The van der Waals surface area contributed by atoms with Crippen molar-refractivity contribution in [2.75, 3.05) is 0 Å². The molecule has 10 heteroatoms. The number of hydrogen-bond donors (Lipinski definition) is 5. The number of rotatable bonds is 9. The van der Waals surface area contributed by atoms with Crippen LogP contribution >= 0.6 is 0 Å². The summed E-state index contributed by atoms with van der Waals surface area (Å²) in [5, 5.41) is 5.10. The first-order valence-corrected chi connectivity index (χ1v) is 7.75. The van der Waals surface area contributed by atoms with E-state index >= 15 is 0 Å². The zero-order chi connectivity index (χ0) is 18.2. The van der Waals surface area contributed by atoms with Crippen molar-refractivity contribution >= 4 is 18.1 Å². The van der Waals surface area contributed by atoms with E-state index < -0.39 is 29.9 Å². The normalized spacial score (nSPS) is 14.3. The highest BCUT2D eigenvalue weighted by molar-refractivity contribution is 5.90. The van der Waals surface area contributed by atoms with Gasteiger partial charge in [0.05, 0.1) is 24.7 Å². The maximum absolute atomic E-state index is 12.1. The van der Waals surface area contributed by atoms with E-state index in [-0.39, 0.29) is 12.8 Å². The molecule has 2 heterocycles. The van der Waals surface area contributed by atoms with Gasteiger partial charge in [-0.1, -0.05) is 0 Å². The number of imidazole rings is 2. The van der Waals surface area contributed by atoms with Crippen LogP contribution in [0.5, 0.6) is 0 Å². The van der Waals surface area contributed by atoms with Crippen LogP contribution in [0.15, 0.2) is 25.0 Å². The molecule has 25 heavy (non-hydrogen) atoms. The first-order valence-electron chi connectivity index (χ1n) is 7.75. The summed E-state index contributed by atoms with van der Waals surface area (Å²) in [5.74, 6) is -0.938. The topological polar surface area (TPSA) is 159 Å². The fourth-order valence-corrected chi connectivity index (χ4v) is 2.19. The Morgan fingerprint density at radius 1 is 1.12 bits per heavy atom. The van der Waals surface area contributed by atoms with Crippen molar-refractivity contribution in [3.05, 3.63) is 36.4 Å². The Morgan fingerprint density at radius 2 is 1.72 bits per heavy atom. The molecule has 0 aliphatic heterocycles. The second-order valence-electron chi connectivity index (χ2n) is 5.65. The minimum absolute atomic E-state index is 0.275. The molecule has 3 atom stereocenters. The van der Waals surface area contributed by atoms with E-state index in [0.717, 1.165) is 11.4 Å². The molecule has 0 saturated heterocycles. The number of carbonyl (C=O) groups excluding carboxylic acids is 3. The van der Waals surface area contributed by atoms with Gasteiger partial charge < -0.3 is 31.1 Å². The van der Waals surface area contributed by atoms with Crippen LogP contribution in [0.1, 0.15) is 18.3 Å². The maximum atomic E-state index is 12.1. The van der Waals surface area contributed by atoms with E-state index in [1.54, 1.807) is 12.4 Å². The van der Waals surface area contributed by atoms with Gasteiger partial charge in [0.1, 0.15) is 12.3 Å². The second-order valence-corrected chi connectivity index (χ2v) is 5.65. The molecule has 0 aromatic carbocycles. The van der Waals surface area contributed by atoms with Crippen molar-refractivity contribution in [3.8, 4) is 0 Å². The molecule has 10 nitrogen and oxygen atoms in total. The van der Waals surface area contributed by atoms with Crippen LogP contribution in [-0.4, -0.2) is 56.2 Å². The van der Waals surface area contributed by atoms with Gasteiger partial charge in [0.15, 0.2) is 0 Å². The van der Waals surface area contributed by atoms with Crippen LogP contribution in [0.25, 0.3) is 0 Å². The third kappa shape index (κ3) is 5.53. The molecule has 0 radical (unpaired) electrons. The number of nitrogens with zero attached hydrogens (tertiary/aromatic N) is 2. The molecule has 0 bridgehead atoms. The van der Waals surface area contributed by atoms with Gasteiger partial charge in [0.2, 0.25) is 11.8 Å². The predicted octanol–water partition coefficient (Wildman–Crippen LogP) is -1.57. The monoisotopic (exact) mass is 347 g/mol. The number of aromatic amines is 2. The number of aldehydes is 1. The van der Waals surface area contributed by atoms with Gasteiger partial charge in [-0.15, -0.1) is 0 Å². The number of hydrogen-bond acceptors (Lipinski definition) is 6. The molecule has 0 unspecified atom stereocenters. The Kier molecular flexibility index (Phi) is 6.40. The van der Waals surface area contributed by atoms with E-state index in [1.165, 1.54) is 19.6 Å². The highest BCUT2D eigenvalue weighted by atomic mass is 16.2. The molecular weight excluding hydrogens is 326 g/mol. The Balaban J connectivity index is 1.81. The van der Waals surface area contributed by atoms with Crippen LogP contribution in [0.2, 0.25) is 0 Å². The van der Waals surface area contributed by atoms with Gasteiger partial charge in [0, 0.05) is 36.6 Å². The summed E-state index contributed by atoms with van der Waals surface area (Å²) in [6, 6.07) is -2.36. The standard InChI is InChI=1S/C15H21N7O3/c1-9(21-15(25)13(16)3-11-5-18-8-20-11)14(24)22-12(6-23)2-10-4-17-7-19-10/h4-9,12-13H,2-3,16H2,1H3,(H,17,19)(H,18,20)(H,21,25)(H,22,24)/t9-,12-,13-/m0/s1. The zero-order valence-electron chi connectivity index (χ0n) is 13.7. The highest BCUT2D eigenvalue weighted by Crippen LogP contribution is 1.99. The Bertz CT molecular complexity index is 684. The average Bonchev–Trinajstić information content (AvgIpc) is 3.27. The van der Waals surface area contributed by atoms with E-state index in [0.29, 0.717) is 6.29 Å². The third-order valence-corrected chi connectivity index (χ3v) is 3.57. The molecular formula is C15H21N7O3. The summed E-state index contributed by atoms with van der Waals surface area (Å²) in [6.45, 7) is 1.52. The summed E-state index contributed by atoms with van der Waals surface area (Å²) < 4.78 is 0. The van der Waals surface area contributed by atoms with Crippen molar-refractivity contribution in [3.63, 3.8) is 0 Å². The Morgan fingerprint density at radius 3 is 2.24 bits per heavy atom. The molecule has 2 aromatic heterocycles. The molecule has 0 saturated carbocycles. The number of amides is 2. The summed E-state index contributed by atoms with van der Waals surface area (Å²) in [7, 11) is 0. The predicted molar refractivity (Wildman–Crippen MR) is 88.2 cm³/mol. The molecule has 2 rings (SSSR count). The van der Waals surface area contributed by atoms with E-state index in [2.05, 4.69) is 30.6 Å². The summed E-state index contributed by atoms with van der Waals surface area (Å²) in [6.07, 6.45) is 7.33. The molecule has 0 aliphatic carbocycles. The molecule has 2 amide bonds. The smallest absolute Gasteiger partial charge is 0.242 e. The SMILES string of the molecule is C[C@H](NC(=O)[C@@H](N)Cc1cnc[nH]1)C(=O)N[C@H](C=O)Cc1cnc[nH]1. The molecule has 0 spiro atoms. The molecule has 2 aromatic rings. The van der Waals surface area contributed by atoms with Gasteiger partial charge in [-0.05, 0) is 6.92 Å². The minimum atomic E-state index is -0.829. The first kappa shape index (κ1) is 18.3. The summed E-state index contributed by atoms with van der Waals surface area (Å²) >= 11 is 0. The summed E-state index contributed by atoms with van der Waals surface area (Å²) in [5.41, 5.74) is 7.26. The van der Waals surface area contributed by atoms with Gasteiger partial charge >= 0.3 is 0 Å². The van der Waals surface area contributed by atoms with Crippen LogP contribution < -0.4 is 16.4 Å². The number of nitrogens with one attached hydrogen (secondary N) is 4. The van der Waals surface area contributed by atoms with Gasteiger partial charge in [-0.2, -0.15) is 0 Å². The third-order valence-electron chi connectivity index (χ3n) is 3.57. The van der Waals surface area contributed by atoms with Crippen LogP contribution in [-0.2, 0) is 27.2 Å². The quantitative estimate of drug-likeness (QED) is 0.345. The molecule has 6 N–H and O–H groups in total. The van der Waals surface area contributed by atoms with E-state index in [1.807, 2.05) is 0 Å². The lowest BCUT2D eigenvalue weighted by atomic mass is 10.1. The van der Waals surface area contributed by atoms with Crippen molar-refractivity contribution < 1.29 is 14.4 Å². The molecule has 134 valence electrons. The Hall–Kier alpha value is -3.01. The van der Waals surface area contributed by atoms with Gasteiger partial charge in [-0.3, -0.25) is 9.59 Å². The first-order chi connectivity index (χ1) is 12.0. The lowest BCUT2D eigenvalue weighted by Gasteiger charge is -2.19. The highest BCUT2D eigenvalue weighted by Gasteiger charge is 2.22. The lowest BCUT2D eigenvalue weighted by Crippen LogP contribution is -2.53. The van der Waals surface area contributed by atoms with Crippen LogP contribution in [0.3, 0.4) is 0 Å². The van der Waals surface area contributed by atoms with Gasteiger partial charge in [0.25, 0.3) is 0 Å². The zero-order valence-corrected chi connectivity index (χ0v) is 13.7. The van der Waals surface area contributed by atoms with Crippen molar-refractivity contribution in [1.29, 1.82) is 0 Å². The van der Waals surface area contributed by atoms with Crippen LogP contribution in [0.4, 0.5) is 0 Å². The van der Waals surface area contributed by atoms with Crippen molar-refractivity contribution in [1.82, 2.24) is 30.6 Å². The molecule has 0 aliphatic rings. The Labute approximate surface area is 144 Å². The number of carbonyl (C=O) groups is 3. The van der Waals surface area contributed by atoms with Crippen LogP contribution in [0, 0.1) is 0 Å². The maximum Gasteiger partial charge on any atom is 0.242 e. The van der Waals surface area contributed by atoms with Crippen molar-refractivity contribution in [2.24, 2.45) is 5.73 Å². The number of aromatic nitrogens is 4. The fraction of sp³-hybridized carbons (Fsp3) is 0.400. The lowest BCUT2D eigenvalue weighted by molar-refractivity contribution is -0.130. The number of H-pyrrole nitrogens is 2.